The second-order valence-corrected chi connectivity index (χ2v) is 4.24. The molecule has 1 rings (SSSR count). The van der Waals surface area contributed by atoms with Gasteiger partial charge in [0.2, 0.25) is 0 Å². The third-order valence-corrected chi connectivity index (χ3v) is 3.04. The molecule has 1 aromatic rings. The van der Waals surface area contributed by atoms with Crippen LogP contribution in [-0.4, -0.2) is 42.6 Å². The highest BCUT2D eigenvalue weighted by molar-refractivity contribution is 5.08. The molecule has 3 nitrogen and oxygen atoms in total. The van der Waals surface area contributed by atoms with Crippen LogP contribution in [-0.2, 0) is 6.42 Å². The van der Waals surface area contributed by atoms with E-state index in [2.05, 4.69) is 35.1 Å². The van der Waals surface area contributed by atoms with Crippen molar-refractivity contribution in [1.82, 2.24) is 15.2 Å². The fourth-order valence-electron chi connectivity index (χ4n) is 1.87. The molecule has 0 spiro atoms. The lowest BCUT2D eigenvalue weighted by molar-refractivity contribution is 0.302. The first kappa shape index (κ1) is 14.1. The molecule has 0 aliphatic carbocycles. The quantitative estimate of drug-likeness (QED) is 0.663. The standard InChI is InChI=1S/C14H25N3/c1-3-17(4-2)12-11-15-9-5-7-14-8-6-10-16-13-14/h6,8,10,13,15H,3-5,7,9,11-12H2,1-2H3. The fraction of sp³-hybridized carbons (Fsp3) is 0.643. The molecule has 0 amide bonds. The number of rotatable bonds is 9. The van der Waals surface area contributed by atoms with Gasteiger partial charge in [0.15, 0.2) is 0 Å². The van der Waals surface area contributed by atoms with Gasteiger partial charge in [0.25, 0.3) is 0 Å². The molecule has 96 valence electrons. The summed E-state index contributed by atoms with van der Waals surface area (Å²) in [7, 11) is 0. The molecule has 1 N–H and O–H groups in total. The predicted molar refractivity (Wildman–Crippen MR) is 73.2 cm³/mol. The molecular weight excluding hydrogens is 210 g/mol. The van der Waals surface area contributed by atoms with E-state index in [1.54, 1.807) is 0 Å². The van der Waals surface area contributed by atoms with Gasteiger partial charge in [0, 0.05) is 25.5 Å². The molecule has 0 fully saturated rings. The second kappa shape index (κ2) is 9.14. The van der Waals surface area contributed by atoms with Crippen molar-refractivity contribution >= 4 is 0 Å². The van der Waals surface area contributed by atoms with Gasteiger partial charge in [-0.25, -0.2) is 0 Å². The summed E-state index contributed by atoms with van der Waals surface area (Å²) in [5.41, 5.74) is 1.33. The van der Waals surface area contributed by atoms with E-state index in [9.17, 15) is 0 Å². The lowest BCUT2D eigenvalue weighted by atomic mass is 10.1. The smallest absolute Gasteiger partial charge is 0.0299 e. The van der Waals surface area contributed by atoms with Crippen LogP contribution in [0.1, 0.15) is 25.8 Å². The Kier molecular flexibility index (Phi) is 7.60. The van der Waals surface area contributed by atoms with Crippen molar-refractivity contribution in [2.75, 3.05) is 32.7 Å². The number of likely N-dealkylation sites (N-methyl/N-ethyl adjacent to an activating group) is 1. The number of aryl methyl sites for hydroxylation is 1. The minimum atomic E-state index is 1.09. The van der Waals surface area contributed by atoms with Crippen LogP contribution in [0.15, 0.2) is 24.5 Å². The number of hydrogen-bond acceptors (Lipinski definition) is 3. The summed E-state index contributed by atoms with van der Waals surface area (Å²) in [6, 6.07) is 4.14. The van der Waals surface area contributed by atoms with E-state index in [1.807, 2.05) is 18.5 Å². The van der Waals surface area contributed by atoms with Crippen molar-refractivity contribution < 1.29 is 0 Å². The van der Waals surface area contributed by atoms with E-state index >= 15 is 0 Å². The van der Waals surface area contributed by atoms with Crippen LogP contribution in [0.2, 0.25) is 0 Å². The highest BCUT2D eigenvalue weighted by atomic mass is 15.1. The lowest BCUT2D eigenvalue weighted by Crippen LogP contribution is -2.32. The zero-order valence-electron chi connectivity index (χ0n) is 11.2. The molecule has 3 heteroatoms. The molecule has 0 saturated carbocycles. The molecule has 1 aromatic heterocycles. The summed E-state index contributed by atoms with van der Waals surface area (Å²) in [5, 5.41) is 3.49. The highest BCUT2D eigenvalue weighted by Crippen LogP contribution is 1.99. The Morgan fingerprint density at radius 3 is 2.71 bits per heavy atom. The normalized spacial score (nSPS) is 11.0. The van der Waals surface area contributed by atoms with Crippen LogP contribution in [0, 0.1) is 0 Å². The number of nitrogens with zero attached hydrogens (tertiary/aromatic N) is 2. The van der Waals surface area contributed by atoms with Gasteiger partial charge >= 0.3 is 0 Å². The van der Waals surface area contributed by atoms with Crippen LogP contribution < -0.4 is 5.32 Å². The van der Waals surface area contributed by atoms with Gasteiger partial charge in [-0.05, 0) is 44.1 Å². The predicted octanol–water partition coefficient (Wildman–Crippen LogP) is 1.95. The summed E-state index contributed by atoms with van der Waals surface area (Å²) < 4.78 is 0. The van der Waals surface area contributed by atoms with Gasteiger partial charge in [-0.2, -0.15) is 0 Å². The molecule has 1 heterocycles. The van der Waals surface area contributed by atoms with Crippen molar-refractivity contribution in [3.8, 4) is 0 Å². The Hall–Kier alpha value is -0.930. The van der Waals surface area contributed by atoms with E-state index in [0.717, 1.165) is 39.1 Å². The summed E-state index contributed by atoms with van der Waals surface area (Å²) in [6.07, 6.45) is 6.08. The zero-order valence-corrected chi connectivity index (χ0v) is 11.2. The summed E-state index contributed by atoms with van der Waals surface area (Å²) in [5.74, 6) is 0. The maximum Gasteiger partial charge on any atom is 0.0299 e. The van der Waals surface area contributed by atoms with E-state index in [-0.39, 0.29) is 0 Å². The van der Waals surface area contributed by atoms with E-state index in [1.165, 1.54) is 12.0 Å². The molecule has 0 unspecified atom stereocenters. The van der Waals surface area contributed by atoms with E-state index in [4.69, 9.17) is 0 Å². The molecule has 0 atom stereocenters. The lowest BCUT2D eigenvalue weighted by Gasteiger charge is -2.17. The topological polar surface area (TPSA) is 28.2 Å². The highest BCUT2D eigenvalue weighted by Gasteiger charge is 1.97. The average molecular weight is 235 g/mol. The monoisotopic (exact) mass is 235 g/mol. The van der Waals surface area contributed by atoms with Gasteiger partial charge in [-0.3, -0.25) is 4.98 Å². The van der Waals surface area contributed by atoms with Crippen LogP contribution in [0.25, 0.3) is 0 Å². The van der Waals surface area contributed by atoms with E-state index in [0.29, 0.717) is 0 Å². The summed E-state index contributed by atoms with van der Waals surface area (Å²) in [6.45, 7) is 10.1. The van der Waals surface area contributed by atoms with Gasteiger partial charge in [-0.15, -0.1) is 0 Å². The van der Waals surface area contributed by atoms with Crippen LogP contribution >= 0.6 is 0 Å². The minimum Gasteiger partial charge on any atom is -0.315 e. The van der Waals surface area contributed by atoms with Gasteiger partial charge in [0.1, 0.15) is 0 Å². The van der Waals surface area contributed by atoms with Gasteiger partial charge < -0.3 is 10.2 Å². The average Bonchev–Trinajstić information content (AvgIpc) is 2.39. The molecule has 0 saturated heterocycles. The van der Waals surface area contributed by atoms with Crippen molar-refractivity contribution in [3.63, 3.8) is 0 Å². The second-order valence-electron chi connectivity index (χ2n) is 4.24. The molecule has 0 aromatic carbocycles. The first-order valence-corrected chi connectivity index (χ1v) is 6.68. The maximum atomic E-state index is 4.12. The Morgan fingerprint density at radius 1 is 1.24 bits per heavy atom. The largest absolute Gasteiger partial charge is 0.315 e. The molecule has 17 heavy (non-hydrogen) atoms. The fourth-order valence-corrected chi connectivity index (χ4v) is 1.87. The summed E-state index contributed by atoms with van der Waals surface area (Å²) >= 11 is 0. The Morgan fingerprint density at radius 2 is 2.06 bits per heavy atom. The Bertz CT molecular complexity index is 270. The van der Waals surface area contributed by atoms with Crippen molar-refractivity contribution in [3.05, 3.63) is 30.1 Å². The van der Waals surface area contributed by atoms with Gasteiger partial charge in [-0.1, -0.05) is 19.9 Å². The molecular formula is C14H25N3. The van der Waals surface area contributed by atoms with Crippen LogP contribution in [0.3, 0.4) is 0 Å². The van der Waals surface area contributed by atoms with Crippen molar-refractivity contribution in [1.29, 1.82) is 0 Å². The third-order valence-electron chi connectivity index (χ3n) is 3.04. The maximum absolute atomic E-state index is 4.12. The molecule has 0 aliphatic rings. The third kappa shape index (κ3) is 6.39. The summed E-state index contributed by atoms with van der Waals surface area (Å²) in [4.78, 5) is 6.56. The number of aromatic nitrogens is 1. The minimum absolute atomic E-state index is 1.09. The van der Waals surface area contributed by atoms with Crippen molar-refractivity contribution in [2.24, 2.45) is 0 Å². The number of pyridine rings is 1. The SMILES string of the molecule is CCN(CC)CCNCCCc1cccnc1. The van der Waals surface area contributed by atoms with Crippen LogP contribution in [0.4, 0.5) is 0 Å². The first-order chi connectivity index (χ1) is 8.36. The molecule has 0 aliphatic heterocycles. The number of nitrogens with one attached hydrogen (secondary N) is 1. The number of hydrogen-bond donors (Lipinski definition) is 1. The zero-order chi connectivity index (χ0) is 12.3. The molecule has 0 radical (unpaired) electrons. The van der Waals surface area contributed by atoms with Crippen molar-refractivity contribution in [2.45, 2.75) is 26.7 Å². The van der Waals surface area contributed by atoms with E-state index < -0.39 is 0 Å². The first-order valence-electron chi connectivity index (χ1n) is 6.68. The Labute approximate surface area is 105 Å². The molecule has 0 bridgehead atoms. The van der Waals surface area contributed by atoms with Crippen LogP contribution in [0.5, 0.6) is 0 Å². The van der Waals surface area contributed by atoms with Gasteiger partial charge in [0.05, 0.1) is 0 Å². The Balaban J connectivity index is 1.98.